The number of hydrogen-bond donors (Lipinski definition) is 2. The SMILES string of the molecule is OCCCc1cc2ccc(Cl)cc2[nH]1. The smallest absolute Gasteiger partial charge is 0.0471 e. The predicted molar refractivity (Wildman–Crippen MR) is 58.7 cm³/mol. The third-order valence-corrected chi connectivity index (χ3v) is 2.48. The molecule has 0 saturated heterocycles. The third kappa shape index (κ3) is 1.91. The Kier molecular flexibility index (Phi) is 2.75. The molecule has 14 heavy (non-hydrogen) atoms. The van der Waals surface area contributed by atoms with Crippen LogP contribution in [0.15, 0.2) is 24.3 Å². The van der Waals surface area contributed by atoms with Gasteiger partial charge in [-0.2, -0.15) is 0 Å². The number of aromatic nitrogens is 1. The molecule has 2 rings (SSSR count). The average molecular weight is 210 g/mol. The summed E-state index contributed by atoms with van der Waals surface area (Å²) in [4.78, 5) is 3.28. The first kappa shape index (κ1) is 9.56. The molecule has 1 aromatic heterocycles. The van der Waals surface area contributed by atoms with Crippen LogP contribution in [0.25, 0.3) is 10.9 Å². The molecule has 74 valence electrons. The zero-order valence-corrected chi connectivity index (χ0v) is 8.51. The van der Waals surface area contributed by atoms with Gasteiger partial charge in [0.05, 0.1) is 0 Å². The molecule has 0 amide bonds. The first-order valence-corrected chi connectivity index (χ1v) is 5.05. The molecule has 0 saturated carbocycles. The van der Waals surface area contributed by atoms with Crippen molar-refractivity contribution in [2.45, 2.75) is 12.8 Å². The number of nitrogens with one attached hydrogen (secondary N) is 1. The Hall–Kier alpha value is -0.990. The van der Waals surface area contributed by atoms with Crippen molar-refractivity contribution in [3.8, 4) is 0 Å². The Morgan fingerprint density at radius 3 is 2.93 bits per heavy atom. The molecule has 0 unspecified atom stereocenters. The van der Waals surface area contributed by atoms with E-state index in [9.17, 15) is 0 Å². The highest BCUT2D eigenvalue weighted by Crippen LogP contribution is 2.20. The number of halogens is 1. The zero-order valence-electron chi connectivity index (χ0n) is 7.76. The first-order valence-electron chi connectivity index (χ1n) is 4.67. The molecule has 0 radical (unpaired) electrons. The molecule has 0 spiro atoms. The van der Waals surface area contributed by atoms with Crippen LogP contribution in [0.2, 0.25) is 5.02 Å². The van der Waals surface area contributed by atoms with Crippen LogP contribution in [0.1, 0.15) is 12.1 Å². The van der Waals surface area contributed by atoms with E-state index in [0.717, 1.165) is 29.1 Å². The molecule has 1 heterocycles. The van der Waals surface area contributed by atoms with Crippen LogP contribution in [-0.2, 0) is 6.42 Å². The van der Waals surface area contributed by atoms with Crippen LogP contribution >= 0.6 is 11.6 Å². The van der Waals surface area contributed by atoms with Crippen molar-refractivity contribution >= 4 is 22.5 Å². The number of aliphatic hydroxyl groups is 1. The van der Waals surface area contributed by atoms with Gasteiger partial charge in [0, 0.05) is 22.8 Å². The van der Waals surface area contributed by atoms with E-state index in [2.05, 4.69) is 11.1 Å². The molecule has 2 N–H and O–H groups in total. The molecule has 0 bridgehead atoms. The predicted octanol–water partition coefficient (Wildman–Crippen LogP) is 2.75. The van der Waals surface area contributed by atoms with Crippen LogP contribution in [0.4, 0.5) is 0 Å². The fraction of sp³-hybridized carbons (Fsp3) is 0.273. The van der Waals surface area contributed by atoms with E-state index < -0.39 is 0 Å². The van der Waals surface area contributed by atoms with Gasteiger partial charge < -0.3 is 10.1 Å². The molecular formula is C11H12ClNO. The summed E-state index contributed by atoms with van der Waals surface area (Å²) in [6.45, 7) is 0.232. The van der Waals surface area contributed by atoms with Crippen molar-refractivity contribution in [1.29, 1.82) is 0 Å². The number of hydrogen-bond acceptors (Lipinski definition) is 1. The molecule has 2 nitrogen and oxygen atoms in total. The standard InChI is InChI=1S/C11H12ClNO/c12-9-4-3-8-6-10(2-1-5-14)13-11(8)7-9/h3-4,6-7,13-14H,1-2,5H2. The molecule has 2 aromatic rings. The monoisotopic (exact) mass is 209 g/mol. The van der Waals surface area contributed by atoms with E-state index in [1.54, 1.807) is 0 Å². The van der Waals surface area contributed by atoms with Gasteiger partial charge in [-0.05, 0) is 36.4 Å². The van der Waals surface area contributed by atoms with Crippen molar-refractivity contribution in [3.05, 3.63) is 35.0 Å². The maximum atomic E-state index is 8.71. The van der Waals surface area contributed by atoms with Gasteiger partial charge >= 0.3 is 0 Å². The number of rotatable bonds is 3. The summed E-state index contributed by atoms with van der Waals surface area (Å²) in [7, 11) is 0. The molecular weight excluding hydrogens is 198 g/mol. The summed E-state index contributed by atoms with van der Waals surface area (Å²) in [5.41, 5.74) is 2.21. The summed E-state index contributed by atoms with van der Waals surface area (Å²) in [6, 6.07) is 7.89. The van der Waals surface area contributed by atoms with Crippen LogP contribution < -0.4 is 0 Å². The lowest BCUT2D eigenvalue weighted by Gasteiger charge is -1.92. The minimum Gasteiger partial charge on any atom is -0.396 e. The van der Waals surface area contributed by atoms with Gasteiger partial charge in [0.15, 0.2) is 0 Å². The Morgan fingerprint density at radius 2 is 2.14 bits per heavy atom. The number of aromatic amines is 1. The second-order valence-electron chi connectivity index (χ2n) is 3.35. The fourth-order valence-corrected chi connectivity index (χ4v) is 1.74. The minimum atomic E-state index is 0.232. The van der Waals surface area contributed by atoms with E-state index in [1.165, 1.54) is 5.39 Å². The molecule has 3 heteroatoms. The summed E-state index contributed by atoms with van der Waals surface area (Å²) in [6.07, 6.45) is 1.67. The van der Waals surface area contributed by atoms with Gasteiger partial charge in [-0.25, -0.2) is 0 Å². The topological polar surface area (TPSA) is 36.0 Å². The van der Waals surface area contributed by atoms with Crippen LogP contribution in [0.3, 0.4) is 0 Å². The Bertz CT molecular complexity index is 436. The van der Waals surface area contributed by atoms with Gasteiger partial charge in [-0.3, -0.25) is 0 Å². The van der Waals surface area contributed by atoms with E-state index in [4.69, 9.17) is 16.7 Å². The van der Waals surface area contributed by atoms with Crippen molar-refractivity contribution in [3.63, 3.8) is 0 Å². The van der Waals surface area contributed by atoms with Gasteiger partial charge in [0.2, 0.25) is 0 Å². The lowest BCUT2D eigenvalue weighted by atomic mass is 10.2. The van der Waals surface area contributed by atoms with Gasteiger partial charge in [0.25, 0.3) is 0 Å². The van der Waals surface area contributed by atoms with Gasteiger partial charge in [-0.15, -0.1) is 0 Å². The normalized spacial score (nSPS) is 11.0. The minimum absolute atomic E-state index is 0.232. The largest absolute Gasteiger partial charge is 0.396 e. The second-order valence-corrected chi connectivity index (χ2v) is 3.79. The first-order chi connectivity index (χ1) is 6.79. The van der Waals surface area contributed by atoms with Crippen molar-refractivity contribution in [2.75, 3.05) is 6.61 Å². The quantitative estimate of drug-likeness (QED) is 0.801. The third-order valence-electron chi connectivity index (χ3n) is 2.24. The second kappa shape index (κ2) is 4.03. The van der Waals surface area contributed by atoms with Crippen molar-refractivity contribution in [2.24, 2.45) is 0 Å². The van der Waals surface area contributed by atoms with Crippen LogP contribution in [0, 0.1) is 0 Å². The number of fused-ring (bicyclic) bond motifs is 1. The number of aliphatic hydroxyl groups excluding tert-OH is 1. The Labute approximate surface area is 87.5 Å². The molecule has 0 fully saturated rings. The van der Waals surface area contributed by atoms with Gasteiger partial charge in [0.1, 0.15) is 0 Å². The highest BCUT2D eigenvalue weighted by molar-refractivity contribution is 6.31. The molecule has 0 aliphatic carbocycles. The average Bonchev–Trinajstić information content (AvgIpc) is 2.56. The maximum Gasteiger partial charge on any atom is 0.0471 e. The van der Waals surface area contributed by atoms with E-state index in [0.29, 0.717) is 0 Å². The zero-order chi connectivity index (χ0) is 9.97. The molecule has 0 atom stereocenters. The van der Waals surface area contributed by atoms with E-state index in [1.807, 2.05) is 18.2 Å². The summed E-state index contributed by atoms with van der Waals surface area (Å²) < 4.78 is 0. The molecule has 0 aliphatic rings. The van der Waals surface area contributed by atoms with Gasteiger partial charge in [-0.1, -0.05) is 17.7 Å². The Balaban J connectivity index is 2.32. The fourth-order valence-electron chi connectivity index (χ4n) is 1.56. The summed E-state index contributed by atoms with van der Waals surface area (Å²) in [5.74, 6) is 0. The van der Waals surface area contributed by atoms with Crippen LogP contribution in [-0.4, -0.2) is 16.7 Å². The summed E-state index contributed by atoms with van der Waals surface area (Å²) in [5, 5.41) is 10.6. The number of H-pyrrole nitrogens is 1. The molecule has 1 aromatic carbocycles. The maximum absolute atomic E-state index is 8.71. The lowest BCUT2D eigenvalue weighted by molar-refractivity contribution is 0.288. The number of benzene rings is 1. The lowest BCUT2D eigenvalue weighted by Crippen LogP contribution is -1.88. The van der Waals surface area contributed by atoms with Crippen LogP contribution in [0.5, 0.6) is 0 Å². The van der Waals surface area contributed by atoms with Crippen molar-refractivity contribution in [1.82, 2.24) is 4.98 Å². The van der Waals surface area contributed by atoms with E-state index in [-0.39, 0.29) is 6.61 Å². The highest BCUT2D eigenvalue weighted by Gasteiger charge is 2.00. The Morgan fingerprint density at radius 1 is 1.29 bits per heavy atom. The van der Waals surface area contributed by atoms with Crippen molar-refractivity contribution < 1.29 is 5.11 Å². The van der Waals surface area contributed by atoms with E-state index >= 15 is 0 Å². The molecule has 0 aliphatic heterocycles. The number of aryl methyl sites for hydroxylation is 1. The summed E-state index contributed by atoms with van der Waals surface area (Å²) >= 11 is 5.87. The highest BCUT2D eigenvalue weighted by atomic mass is 35.5.